The standard InChI is InChI=1S/C11H12FN3/c12-10-5-9(8-14)6-11(7-10)15-4-2-1-3-13/h1-2,5-7,15H,3-4,13H2/b2-1+. The van der Waals surface area contributed by atoms with Crippen LogP contribution in [0.3, 0.4) is 0 Å². The van der Waals surface area contributed by atoms with Gasteiger partial charge in [0.2, 0.25) is 0 Å². The van der Waals surface area contributed by atoms with Crippen LogP contribution in [-0.2, 0) is 0 Å². The smallest absolute Gasteiger partial charge is 0.126 e. The molecule has 4 heteroatoms. The summed E-state index contributed by atoms with van der Waals surface area (Å²) in [4.78, 5) is 0. The highest BCUT2D eigenvalue weighted by Gasteiger charge is 1.98. The summed E-state index contributed by atoms with van der Waals surface area (Å²) in [7, 11) is 0. The summed E-state index contributed by atoms with van der Waals surface area (Å²) in [6.07, 6.45) is 3.65. The second-order valence-electron chi connectivity index (χ2n) is 2.93. The zero-order valence-electron chi connectivity index (χ0n) is 8.20. The number of nitrogens with two attached hydrogens (primary N) is 1. The molecular formula is C11H12FN3. The van der Waals surface area contributed by atoms with Gasteiger partial charge in [-0.1, -0.05) is 12.2 Å². The fourth-order valence-electron chi connectivity index (χ4n) is 1.11. The van der Waals surface area contributed by atoms with Gasteiger partial charge in [0.05, 0.1) is 11.6 Å². The third-order valence-electron chi connectivity index (χ3n) is 1.75. The Morgan fingerprint density at radius 2 is 2.20 bits per heavy atom. The van der Waals surface area contributed by atoms with Gasteiger partial charge in [-0.15, -0.1) is 0 Å². The Bertz CT molecular complexity index is 393. The van der Waals surface area contributed by atoms with Gasteiger partial charge in [-0.3, -0.25) is 0 Å². The van der Waals surface area contributed by atoms with Crippen LogP contribution >= 0.6 is 0 Å². The molecule has 0 fully saturated rings. The maximum atomic E-state index is 13.0. The van der Waals surface area contributed by atoms with Crippen molar-refractivity contribution < 1.29 is 4.39 Å². The Labute approximate surface area is 88.0 Å². The Hall–Kier alpha value is -1.86. The van der Waals surface area contributed by atoms with Crippen LogP contribution in [0.5, 0.6) is 0 Å². The van der Waals surface area contributed by atoms with Crippen molar-refractivity contribution in [2.75, 3.05) is 18.4 Å². The molecule has 0 heterocycles. The van der Waals surface area contributed by atoms with Crippen molar-refractivity contribution in [3.05, 3.63) is 41.7 Å². The summed E-state index contributed by atoms with van der Waals surface area (Å²) in [6, 6.07) is 6.03. The highest BCUT2D eigenvalue weighted by atomic mass is 19.1. The summed E-state index contributed by atoms with van der Waals surface area (Å²) in [5.41, 5.74) is 6.16. The van der Waals surface area contributed by atoms with Gasteiger partial charge in [-0.05, 0) is 18.2 Å². The molecule has 0 spiro atoms. The van der Waals surface area contributed by atoms with E-state index in [0.29, 0.717) is 24.3 Å². The van der Waals surface area contributed by atoms with E-state index in [9.17, 15) is 4.39 Å². The first-order valence-electron chi connectivity index (χ1n) is 4.56. The van der Waals surface area contributed by atoms with Gasteiger partial charge in [0.1, 0.15) is 5.82 Å². The molecule has 15 heavy (non-hydrogen) atoms. The summed E-state index contributed by atoms with van der Waals surface area (Å²) in [5.74, 6) is -0.417. The number of nitriles is 1. The van der Waals surface area contributed by atoms with Gasteiger partial charge in [-0.2, -0.15) is 5.26 Å². The van der Waals surface area contributed by atoms with Crippen LogP contribution in [0, 0.1) is 17.1 Å². The van der Waals surface area contributed by atoms with Crippen molar-refractivity contribution in [1.82, 2.24) is 0 Å². The predicted octanol–water partition coefficient (Wildman–Crippen LogP) is 1.62. The van der Waals surface area contributed by atoms with Gasteiger partial charge in [-0.25, -0.2) is 4.39 Å². The number of hydrogen-bond donors (Lipinski definition) is 2. The van der Waals surface area contributed by atoms with Crippen molar-refractivity contribution in [3.8, 4) is 6.07 Å². The SMILES string of the molecule is N#Cc1cc(F)cc(NC/C=C/CN)c1. The van der Waals surface area contributed by atoms with E-state index in [1.165, 1.54) is 12.1 Å². The number of nitrogens with one attached hydrogen (secondary N) is 1. The van der Waals surface area contributed by atoms with E-state index in [2.05, 4.69) is 5.32 Å². The van der Waals surface area contributed by atoms with E-state index >= 15 is 0 Å². The summed E-state index contributed by atoms with van der Waals surface area (Å²) in [5, 5.41) is 11.6. The molecule has 0 aliphatic rings. The van der Waals surface area contributed by atoms with Crippen molar-refractivity contribution in [1.29, 1.82) is 5.26 Å². The van der Waals surface area contributed by atoms with Gasteiger partial charge in [0, 0.05) is 18.8 Å². The van der Waals surface area contributed by atoms with Crippen molar-refractivity contribution in [2.24, 2.45) is 5.73 Å². The first kappa shape index (κ1) is 11.2. The molecule has 0 saturated carbocycles. The number of anilines is 1. The Morgan fingerprint density at radius 3 is 2.87 bits per heavy atom. The third kappa shape index (κ3) is 3.79. The molecule has 1 aromatic rings. The van der Waals surface area contributed by atoms with Crippen molar-refractivity contribution in [2.45, 2.75) is 0 Å². The van der Waals surface area contributed by atoms with Crippen LogP contribution < -0.4 is 11.1 Å². The summed E-state index contributed by atoms with van der Waals surface area (Å²) in [6.45, 7) is 1.04. The third-order valence-corrected chi connectivity index (χ3v) is 1.75. The second-order valence-corrected chi connectivity index (χ2v) is 2.93. The topological polar surface area (TPSA) is 61.8 Å². The minimum Gasteiger partial charge on any atom is -0.381 e. The number of halogens is 1. The Balaban J connectivity index is 2.65. The maximum absolute atomic E-state index is 13.0. The predicted molar refractivity (Wildman–Crippen MR) is 57.8 cm³/mol. The molecule has 0 aliphatic heterocycles. The molecule has 78 valence electrons. The van der Waals surface area contributed by atoms with E-state index < -0.39 is 5.82 Å². The van der Waals surface area contributed by atoms with Crippen LogP contribution in [0.4, 0.5) is 10.1 Å². The molecule has 0 bridgehead atoms. The quantitative estimate of drug-likeness (QED) is 0.734. The summed E-state index contributed by atoms with van der Waals surface area (Å²) >= 11 is 0. The largest absolute Gasteiger partial charge is 0.381 e. The molecule has 0 amide bonds. The molecule has 0 aliphatic carbocycles. The van der Waals surface area contributed by atoms with Crippen LogP contribution in [0.25, 0.3) is 0 Å². The Morgan fingerprint density at radius 1 is 1.40 bits per heavy atom. The number of benzene rings is 1. The first-order valence-corrected chi connectivity index (χ1v) is 4.56. The van der Waals surface area contributed by atoms with Crippen LogP contribution in [-0.4, -0.2) is 13.1 Å². The van der Waals surface area contributed by atoms with Crippen LogP contribution in [0.2, 0.25) is 0 Å². The maximum Gasteiger partial charge on any atom is 0.126 e. The van der Waals surface area contributed by atoms with E-state index in [1.807, 2.05) is 12.1 Å². The lowest BCUT2D eigenvalue weighted by atomic mass is 10.2. The van der Waals surface area contributed by atoms with Crippen LogP contribution in [0.15, 0.2) is 30.4 Å². The van der Waals surface area contributed by atoms with Crippen molar-refractivity contribution >= 4 is 5.69 Å². The molecule has 0 unspecified atom stereocenters. The normalized spacial score (nSPS) is 10.2. The lowest BCUT2D eigenvalue weighted by Crippen LogP contribution is -2.00. The highest BCUT2D eigenvalue weighted by molar-refractivity contribution is 5.49. The zero-order valence-corrected chi connectivity index (χ0v) is 8.20. The van der Waals surface area contributed by atoms with Gasteiger partial charge < -0.3 is 11.1 Å². The molecule has 1 aromatic carbocycles. The molecule has 3 N–H and O–H groups in total. The zero-order chi connectivity index (χ0) is 11.1. The highest BCUT2D eigenvalue weighted by Crippen LogP contribution is 2.12. The van der Waals surface area contributed by atoms with Gasteiger partial charge >= 0.3 is 0 Å². The van der Waals surface area contributed by atoms with Gasteiger partial charge in [0.25, 0.3) is 0 Å². The average molecular weight is 205 g/mol. The van der Waals surface area contributed by atoms with Crippen molar-refractivity contribution in [3.63, 3.8) is 0 Å². The Kier molecular flexibility index (Phi) is 4.32. The first-order chi connectivity index (χ1) is 7.26. The second kappa shape index (κ2) is 5.78. The fourth-order valence-corrected chi connectivity index (χ4v) is 1.11. The van der Waals surface area contributed by atoms with E-state index in [0.717, 1.165) is 0 Å². The molecule has 0 radical (unpaired) electrons. The summed E-state index contributed by atoms with van der Waals surface area (Å²) < 4.78 is 13.0. The lowest BCUT2D eigenvalue weighted by Gasteiger charge is -2.03. The molecular weight excluding hydrogens is 193 g/mol. The monoisotopic (exact) mass is 205 g/mol. The van der Waals surface area contributed by atoms with Gasteiger partial charge in [0.15, 0.2) is 0 Å². The lowest BCUT2D eigenvalue weighted by molar-refractivity contribution is 0.628. The molecule has 0 aromatic heterocycles. The minimum absolute atomic E-state index is 0.306. The molecule has 0 atom stereocenters. The number of hydrogen-bond acceptors (Lipinski definition) is 3. The number of nitrogens with zero attached hydrogens (tertiary/aromatic N) is 1. The molecule has 3 nitrogen and oxygen atoms in total. The average Bonchev–Trinajstić information content (AvgIpc) is 2.23. The van der Waals surface area contributed by atoms with E-state index in [-0.39, 0.29) is 0 Å². The molecule has 0 saturated heterocycles. The van der Waals surface area contributed by atoms with E-state index in [4.69, 9.17) is 11.0 Å². The minimum atomic E-state index is -0.417. The fraction of sp³-hybridized carbons (Fsp3) is 0.182. The molecule has 1 rings (SSSR count). The van der Waals surface area contributed by atoms with Crippen LogP contribution in [0.1, 0.15) is 5.56 Å². The number of rotatable bonds is 4. The van der Waals surface area contributed by atoms with E-state index in [1.54, 1.807) is 12.1 Å².